The van der Waals surface area contributed by atoms with E-state index in [1.165, 1.54) is 18.4 Å². The lowest BCUT2D eigenvalue weighted by Crippen LogP contribution is -2.38. The quantitative estimate of drug-likeness (QED) is 0.758. The van der Waals surface area contributed by atoms with Crippen LogP contribution in [-0.2, 0) is 5.88 Å². The molecule has 2 nitrogen and oxygen atoms in total. The topological polar surface area (TPSA) is 16.1 Å². The summed E-state index contributed by atoms with van der Waals surface area (Å²) in [7, 11) is 0. The highest BCUT2D eigenvalue weighted by atomic mass is 35.5. The minimum atomic E-state index is 0.214. The molecule has 3 heteroatoms. The zero-order valence-corrected chi connectivity index (χ0v) is 12.6. The van der Waals surface area contributed by atoms with Crippen molar-refractivity contribution in [3.8, 4) is 0 Å². The van der Waals surface area contributed by atoms with Crippen LogP contribution < -0.4 is 4.90 Å². The van der Waals surface area contributed by atoms with Gasteiger partial charge in [0, 0.05) is 23.7 Å². The monoisotopic (exact) mass is 266 g/mol. The van der Waals surface area contributed by atoms with Crippen molar-refractivity contribution in [2.24, 2.45) is 0 Å². The van der Waals surface area contributed by atoms with Gasteiger partial charge in [0.05, 0.1) is 0 Å². The third-order valence-electron chi connectivity index (χ3n) is 3.81. The third kappa shape index (κ3) is 2.64. The van der Waals surface area contributed by atoms with Gasteiger partial charge in [-0.25, -0.2) is 4.98 Å². The Kier molecular flexibility index (Phi) is 3.86. The van der Waals surface area contributed by atoms with E-state index in [0.29, 0.717) is 11.8 Å². The first-order valence-corrected chi connectivity index (χ1v) is 7.32. The molecule has 1 aromatic rings. The van der Waals surface area contributed by atoms with Crippen molar-refractivity contribution < 1.29 is 0 Å². The standard InChI is InChI=1S/C15H23ClN2/c1-11(2)13-8-12(10-16)9-14(17-13)18-7-5-6-15(18,3)4/h8-9,11H,5-7,10H2,1-4H3. The molecule has 0 spiro atoms. The second-order valence-corrected chi connectivity index (χ2v) is 6.38. The summed E-state index contributed by atoms with van der Waals surface area (Å²) in [5.41, 5.74) is 2.53. The molecule has 0 unspecified atom stereocenters. The minimum Gasteiger partial charge on any atom is -0.351 e. The highest BCUT2D eigenvalue weighted by Crippen LogP contribution is 2.33. The molecule has 18 heavy (non-hydrogen) atoms. The Balaban J connectivity index is 2.40. The second kappa shape index (κ2) is 5.08. The summed E-state index contributed by atoms with van der Waals surface area (Å²) in [4.78, 5) is 7.25. The number of rotatable bonds is 3. The lowest BCUT2D eigenvalue weighted by atomic mass is 10.0. The third-order valence-corrected chi connectivity index (χ3v) is 4.12. The molecule has 0 bridgehead atoms. The summed E-state index contributed by atoms with van der Waals surface area (Å²) < 4.78 is 0. The molecular formula is C15H23ClN2. The van der Waals surface area contributed by atoms with Crippen molar-refractivity contribution in [1.82, 2.24) is 4.98 Å². The molecule has 1 aromatic heterocycles. The molecule has 0 aliphatic carbocycles. The molecule has 0 saturated carbocycles. The number of alkyl halides is 1. The van der Waals surface area contributed by atoms with Crippen molar-refractivity contribution in [2.75, 3.05) is 11.4 Å². The average molecular weight is 267 g/mol. The Labute approximate surface area is 115 Å². The Hall–Kier alpha value is -0.760. The normalized spacial score (nSPS) is 18.7. The van der Waals surface area contributed by atoms with Gasteiger partial charge in [0.2, 0.25) is 0 Å². The number of halogens is 1. The molecule has 1 saturated heterocycles. The lowest BCUT2D eigenvalue weighted by molar-refractivity contribution is 0.513. The summed E-state index contributed by atoms with van der Waals surface area (Å²) in [5.74, 6) is 2.10. The summed E-state index contributed by atoms with van der Waals surface area (Å²) in [6, 6.07) is 4.27. The molecule has 1 aliphatic heterocycles. The summed E-state index contributed by atoms with van der Waals surface area (Å²) >= 11 is 6.01. The van der Waals surface area contributed by atoms with Crippen LogP contribution in [0.3, 0.4) is 0 Å². The van der Waals surface area contributed by atoms with Gasteiger partial charge in [-0.05, 0) is 50.3 Å². The van der Waals surface area contributed by atoms with E-state index < -0.39 is 0 Å². The van der Waals surface area contributed by atoms with Crippen molar-refractivity contribution in [1.29, 1.82) is 0 Å². The van der Waals surface area contributed by atoms with Gasteiger partial charge in [-0.15, -0.1) is 11.6 Å². The molecule has 1 aliphatic rings. The number of pyridine rings is 1. The predicted octanol–water partition coefficient (Wildman–Crippen LogP) is 4.32. The van der Waals surface area contributed by atoms with Crippen LogP contribution in [0, 0.1) is 0 Å². The maximum absolute atomic E-state index is 6.01. The van der Waals surface area contributed by atoms with Gasteiger partial charge in [0.1, 0.15) is 5.82 Å². The average Bonchev–Trinajstić information content (AvgIpc) is 2.68. The second-order valence-electron chi connectivity index (χ2n) is 6.11. The maximum atomic E-state index is 6.01. The Morgan fingerprint density at radius 1 is 1.39 bits per heavy atom. The maximum Gasteiger partial charge on any atom is 0.129 e. The van der Waals surface area contributed by atoms with Gasteiger partial charge < -0.3 is 4.90 Å². The Morgan fingerprint density at radius 2 is 2.11 bits per heavy atom. The van der Waals surface area contributed by atoms with Gasteiger partial charge in [-0.3, -0.25) is 0 Å². The van der Waals surface area contributed by atoms with E-state index in [-0.39, 0.29) is 5.54 Å². The van der Waals surface area contributed by atoms with Crippen molar-refractivity contribution in [2.45, 2.75) is 57.9 Å². The van der Waals surface area contributed by atoms with Crippen LogP contribution in [0.15, 0.2) is 12.1 Å². The van der Waals surface area contributed by atoms with E-state index in [4.69, 9.17) is 16.6 Å². The summed E-state index contributed by atoms with van der Waals surface area (Å²) in [6.07, 6.45) is 2.48. The van der Waals surface area contributed by atoms with E-state index in [1.54, 1.807) is 0 Å². The number of hydrogen-bond donors (Lipinski definition) is 0. The SMILES string of the molecule is CC(C)c1cc(CCl)cc(N2CCCC2(C)C)n1. The van der Waals surface area contributed by atoms with Crippen molar-refractivity contribution in [3.05, 3.63) is 23.4 Å². The van der Waals surface area contributed by atoms with Crippen LogP contribution >= 0.6 is 11.6 Å². The Bertz CT molecular complexity index is 427. The highest BCUT2D eigenvalue weighted by Gasteiger charge is 2.33. The van der Waals surface area contributed by atoms with Crippen LogP contribution in [0.5, 0.6) is 0 Å². The molecular weight excluding hydrogens is 244 g/mol. The van der Waals surface area contributed by atoms with Crippen molar-refractivity contribution >= 4 is 17.4 Å². The minimum absolute atomic E-state index is 0.214. The van der Waals surface area contributed by atoms with Crippen LogP contribution in [0.4, 0.5) is 5.82 Å². The molecule has 0 radical (unpaired) electrons. The van der Waals surface area contributed by atoms with Gasteiger partial charge in [-0.2, -0.15) is 0 Å². The van der Waals surface area contributed by atoms with E-state index in [0.717, 1.165) is 18.1 Å². The Morgan fingerprint density at radius 3 is 2.61 bits per heavy atom. The van der Waals surface area contributed by atoms with Crippen molar-refractivity contribution in [3.63, 3.8) is 0 Å². The smallest absolute Gasteiger partial charge is 0.129 e. The number of nitrogens with zero attached hydrogens (tertiary/aromatic N) is 2. The van der Waals surface area contributed by atoms with E-state index >= 15 is 0 Å². The zero-order valence-electron chi connectivity index (χ0n) is 11.8. The van der Waals surface area contributed by atoms with Gasteiger partial charge in [-0.1, -0.05) is 13.8 Å². The molecule has 0 aromatic carbocycles. The van der Waals surface area contributed by atoms with E-state index in [2.05, 4.69) is 44.7 Å². The first kappa shape index (κ1) is 13.7. The fourth-order valence-corrected chi connectivity index (χ4v) is 2.79. The summed E-state index contributed by atoms with van der Waals surface area (Å²) in [5, 5.41) is 0. The van der Waals surface area contributed by atoms with Crippen LogP contribution in [0.25, 0.3) is 0 Å². The fraction of sp³-hybridized carbons (Fsp3) is 0.667. The first-order chi connectivity index (χ1) is 8.44. The molecule has 0 atom stereocenters. The number of anilines is 1. The molecule has 0 N–H and O–H groups in total. The largest absolute Gasteiger partial charge is 0.351 e. The summed E-state index contributed by atoms with van der Waals surface area (Å²) in [6.45, 7) is 10.1. The first-order valence-electron chi connectivity index (χ1n) is 6.78. The lowest BCUT2D eigenvalue weighted by Gasteiger charge is -2.33. The molecule has 2 heterocycles. The molecule has 0 amide bonds. The number of hydrogen-bond acceptors (Lipinski definition) is 2. The fourth-order valence-electron chi connectivity index (χ4n) is 2.64. The van der Waals surface area contributed by atoms with Crippen LogP contribution in [-0.4, -0.2) is 17.1 Å². The number of aromatic nitrogens is 1. The van der Waals surface area contributed by atoms with E-state index in [1.807, 2.05) is 0 Å². The van der Waals surface area contributed by atoms with Gasteiger partial charge >= 0.3 is 0 Å². The molecule has 2 rings (SSSR count). The van der Waals surface area contributed by atoms with E-state index in [9.17, 15) is 0 Å². The van der Waals surface area contributed by atoms with Crippen LogP contribution in [0.1, 0.15) is 57.7 Å². The zero-order chi connectivity index (χ0) is 13.3. The highest BCUT2D eigenvalue weighted by molar-refractivity contribution is 6.17. The molecule has 100 valence electrons. The molecule has 1 fully saturated rings. The van der Waals surface area contributed by atoms with Gasteiger partial charge in [0.25, 0.3) is 0 Å². The van der Waals surface area contributed by atoms with Crippen LogP contribution in [0.2, 0.25) is 0 Å². The van der Waals surface area contributed by atoms with Gasteiger partial charge in [0.15, 0.2) is 0 Å². The predicted molar refractivity (Wildman–Crippen MR) is 78.5 cm³/mol.